The minimum absolute atomic E-state index is 0.0225. The summed E-state index contributed by atoms with van der Waals surface area (Å²) in [5.41, 5.74) is 0.740. The van der Waals surface area contributed by atoms with Crippen molar-refractivity contribution in [2.45, 2.75) is 6.92 Å². The van der Waals surface area contributed by atoms with Gasteiger partial charge < -0.3 is 9.47 Å². The van der Waals surface area contributed by atoms with E-state index >= 15 is 0 Å². The molecule has 0 saturated carbocycles. The van der Waals surface area contributed by atoms with Crippen LogP contribution in [0.25, 0.3) is 22.6 Å². The molecule has 0 aliphatic heterocycles. The van der Waals surface area contributed by atoms with Crippen LogP contribution in [0.5, 0.6) is 5.88 Å². The lowest BCUT2D eigenvalue weighted by Gasteiger charge is -2.13. The Labute approximate surface area is 175 Å². The normalized spacial score (nSPS) is 10.5. The van der Waals surface area contributed by atoms with Crippen molar-refractivity contribution in [2.24, 2.45) is 0 Å². The number of esters is 1. The van der Waals surface area contributed by atoms with Crippen LogP contribution in [0.3, 0.4) is 0 Å². The molecule has 0 fully saturated rings. The molecule has 0 atom stereocenters. The first-order chi connectivity index (χ1) is 14.4. The summed E-state index contributed by atoms with van der Waals surface area (Å²) in [4.78, 5) is 31.9. The summed E-state index contributed by atoms with van der Waals surface area (Å²) in [6, 6.07) is 9.20. The summed E-state index contributed by atoms with van der Waals surface area (Å²) in [6.45, 7) is 1.30. The number of hydrogen-bond donors (Lipinski definition) is 0. The van der Waals surface area contributed by atoms with Crippen LogP contribution in [0.1, 0.15) is 17.3 Å². The van der Waals surface area contributed by atoms with Gasteiger partial charge in [-0.25, -0.2) is 18.6 Å². The molecule has 1 aromatic heterocycles. The Kier molecular flexibility index (Phi) is 6.68. The highest BCUT2D eigenvalue weighted by atomic mass is 35.5. The second-order valence-electron chi connectivity index (χ2n) is 5.96. The van der Waals surface area contributed by atoms with Crippen molar-refractivity contribution >= 4 is 23.9 Å². The molecule has 0 aliphatic rings. The zero-order valence-electron chi connectivity index (χ0n) is 15.7. The SMILES string of the molecule is CCOC(=O)COc1nc(-c2ccc(Cl)c(F)c2)nc(-c2ccc(F)cc2)c1C=O. The average Bonchev–Trinajstić information content (AvgIpc) is 2.74. The van der Waals surface area contributed by atoms with Crippen molar-refractivity contribution in [2.75, 3.05) is 13.2 Å². The number of ether oxygens (including phenoxy) is 2. The fourth-order valence-electron chi connectivity index (χ4n) is 2.59. The molecule has 2 aromatic carbocycles. The lowest BCUT2D eigenvalue weighted by atomic mass is 10.1. The highest BCUT2D eigenvalue weighted by Gasteiger charge is 2.19. The Morgan fingerprint density at radius 3 is 2.43 bits per heavy atom. The fraction of sp³-hybridized carbons (Fsp3) is 0.143. The minimum atomic E-state index is -0.686. The largest absolute Gasteiger partial charge is 0.465 e. The predicted molar refractivity (Wildman–Crippen MR) is 105 cm³/mol. The van der Waals surface area contributed by atoms with E-state index in [1.807, 2.05) is 0 Å². The van der Waals surface area contributed by atoms with Crippen LogP contribution in [0.2, 0.25) is 5.02 Å². The number of carbonyl (C=O) groups excluding carboxylic acids is 2. The van der Waals surface area contributed by atoms with Crippen molar-refractivity contribution in [3.63, 3.8) is 0 Å². The number of nitrogens with zero attached hydrogens (tertiary/aromatic N) is 2. The second kappa shape index (κ2) is 9.41. The summed E-state index contributed by atoms with van der Waals surface area (Å²) in [6.07, 6.45) is 0.464. The molecule has 0 N–H and O–H groups in total. The quantitative estimate of drug-likeness (QED) is 0.404. The summed E-state index contributed by atoms with van der Waals surface area (Å²) >= 11 is 5.73. The predicted octanol–water partition coefficient (Wildman–Crippen LogP) is 4.50. The lowest BCUT2D eigenvalue weighted by molar-refractivity contribution is -0.145. The Bertz CT molecular complexity index is 1090. The molecular formula is C21H15ClF2N2O4. The van der Waals surface area contributed by atoms with Gasteiger partial charge >= 0.3 is 5.97 Å². The van der Waals surface area contributed by atoms with Crippen molar-refractivity contribution in [3.05, 3.63) is 64.7 Å². The molecule has 3 aromatic rings. The minimum Gasteiger partial charge on any atom is -0.465 e. The van der Waals surface area contributed by atoms with E-state index in [0.29, 0.717) is 11.8 Å². The topological polar surface area (TPSA) is 78.4 Å². The van der Waals surface area contributed by atoms with Crippen LogP contribution < -0.4 is 4.74 Å². The van der Waals surface area contributed by atoms with Gasteiger partial charge in [-0.2, -0.15) is 4.98 Å². The fourth-order valence-corrected chi connectivity index (χ4v) is 2.70. The van der Waals surface area contributed by atoms with E-state index in [1.165, 1.54) is 36.4 Å². The first-order valence-electron chi connectivity index (χ1n) is 8.80. The van der Waals surface area contributed by atoms with Gasteiger partial charge in [0, 0.05) is 11.1 Å². The lowest BCUT2D eigenvalue weighted by Crippen LogP contribution is -2.16. The average molecular weight is 433 g/mol. The second-order valence-corrected chi connectivity index (χ2v) is 6.37. The summed E-state index contributed by atoms with van der Waals surface area (Å²) < 4.78 is 37.5. The standard InChI is InChI=1S/C21H15ClF2N2O4/c1-2-29-18(28)11-30-21-15(10-27)19(12-3-6-14(23)7-4-12)25-20(26-21)13-5-8-16(22)17(24)9-13/h3-10H,2,11H2,1H3. The molecule has 0 radical (unpaired) electrons. The number of aromatic nitrogens is 2. The molecule has 1 heterocycles. The van der Waals surface area contributed by atoms with E-state index < -0.39 is 24.2 Å². The maximum atomic E-state index is 13.9. The van der Waals surface area contributed by atoms with Gasteiger partial charge in [0.25, 0.3) is 0 Å². The van der Waals surface area contributed by atoms with Crippen molar-refractivity contribution in [1.29, 1.82) is 0 Å². The Hall–Kier alpha value is -3.39. The zero-order chi connectivity index (χ0) is 21.7. The third-order valence-electron chi connectivity index (χ3n) is 3.96. The Morgan fingerprint density at radius 2 is 1.80 bits per heavy atom. The van der Waals surface area contributed by atoms with Gasteiger partial charge in [0.2, 0.25) is 5.88 Å². The molecule has 6 nitrogen and oxygen atoms in total. The Balaban J connectivity index is 2.14. The summed E-state index contributed by atoms with van der Waals surface area (Å²) in [5.74, 6) is -1.99. The van der Waals surface area contributed by atoms with Crippen molar-refractivity contribution in [3.8, 4) is 28.5 Å². The maximum absolute atomic E-state index is 13.9. The summed E-state index contributed by atoms with van der Waals surface area (Å²) in [7, 11) is 0. The number of carbonyl (C=O) groups is 2. The van der Waals surface area contributed by atoms with Crippen LogP contribution in [-0.2, 0) is 9.53 Å². The monoisotopic (exact) mass is 432 g/mol. The van der Waals surface area contributed by atoms with E-state index in [0.717, 1.165) is 6.07 Å². The van der Waals surface area contributed by atoms with Crippen LogP contribution in [-0.4, -0.2) is 35.4 Å². The number of benzene rings is 2. The van der Waals surface area contributed by atoms with E-state index in [2.05, 4.69) is 9.97 Å². The van der Waals surface area contributed by atoms with Crippen molar-refractivity contribution < 1.29 is 27.8 Å². The van der Waals surface area contributed by atoms with Crippen LogP contribution in [0, 0.1) is 11.6 Å². The third kappa shape index (κ3) is 4.77. The van der Waals surface area contributed by atoms with Crippen LogP contribution in [0.15, 0.2) is 42.5 Å². The first kappa shape index (κ1) is 21.3. The third-order valence-corrected chi connectivity index (χ3v) is 4.26. The highest BCUT2D eigenvalue weighted by Crippen LogP contribution is 2.31. The van der Waals surface area contributed by atoms with Crippen LogP contribution >= 0.6 is 11.6 Å². The van der Waals surface area contributed by atoms with Gasteiger partial charge in [0.05, 0.1) is 17.3 Å². The van der Waals surface area contributed by atoms with Gasteiger partial charge in [0.1, 0.15) is 17.2 Å². The molecule has 0 saturated heterocycles. The molecule has 154 valence electrons. The van der Waals surface area contributed by atoms with Gasteiger partial charge in [-0.1, -0.05) is 11.6 Å². The van der Waals surface area contributed by atoms with E-state index in [4.69, 9.17) is 21.1 Å². The first-order valence-corrected chi connectivity index (χ1v) is 9.17. The van der Waals surface area contributed by atoms with Gasteiger partial charge in [-0.15, -0.1) is 0 Å². The van der Waals surface area contributed by atoms with E-state index in [1.54, 1.807) is 6.92 Å². The molecule has 3 rings (SSSR count). The van der Waals surface area contributed by atoms with Gasteiger partial charge in [-0.3, -0.25) is 4.79 Å². The smallest absolute Gasteiger partial charge is 0.344 e. The molecule has 0 spiro atoms. The molecule has 9 heteroatoms. The van der Waals surface area contributed by atoms with E-state index in [-0.39, 0.29) is 40.2 Å². The number of rotatable bonds is 7. The van der Waals surface area contributed by atoms with Crippen LogP contribution in [0.4, 0.5) is 8.78 Å². The van der Waals surface area contributed by atoms with Gasteiger partial charge in [-0.05, 0) is 49.4 Å². The van der Waals surface area contributed by atoms with Gasteiger partial charge in [0.15, 0.2) is 18.7 Å². The van der Waals surface area contributed by atoms with E-state index in [9.17, 15) is 18.4 Å². The molecule has 30 heavy (non-hydrogen) atoms. The zero-order valence-corrected chi connectivity index (χ0v) is 16.5. The Morgan fingerprint density at radius 1 is 1.10 bits per heavy atom. The summed E-state index contributed by atoms with van der Waals surface area (Å²) in [5, 5.41) is -0.0826. The number of aldehydes is 1. The molecule has 0 unspecified atom stereocenters. The molecule has 0 bridgehead atoms. The molecule has 0 aliphatic carbocycles. The molecular weight excluding hydrogens is 418 g/mol. The van der Waals surface area contributed by atoms with Crippen molar-refractivity contribution in [1.82, 2.24) is 9.97 Å². The highest BCUT2D eigenvalue weighted by molar-refractivity contribution is 6.30. The number of hydrogen-bond acceptors (Lipinski definition) is 6. The maximum Gasteiger partial charge on any atom is 0.344 e. The number of halogens is 3. The molecule has 0 amide bonds.